The number of benzene rings is 1. The molecule has 0 saturated heterocycles. The fraction of sp³-hybridized carbons (Fsp3) is 0.143. The highest BCUT2D eigenvalue weighted by molar-refractivity contribution is 5.87. The first-order chi connectivity index (χ1) is 9.02. The van der Waals surface area contributed by atoms with E-state index in [4.69, 9.17) is 10.4 Å². The van der Waals surface area contributed by atoms with E-state index in [0.717, 1.165) is 6.07 Å². The van der Waals surface area contributed by atoms with E-state index in [9.17, 15) is 9.18 Å². The molecule has 0 bridgehead atoms. The van der Waals surface area contributed by atoms with Gasteiger partial charge in [0.25, 0.3) is 0 Å². The average molecular weight is 258 g/mol. The maximum atomic E-state index is 13.0. The number of nitrogens with zero attached hydrogens (tertiary/aromatic N) is 2. The van der Waals surface area contributed by atoms with Crippen molar-refractivity contribution in [3.05, 3.63) is 58.7 Å². The highest BCUT2D eigenvalue weighted by Gasteiger charge is 2.14. The number of carbonyl (C=O) groups is 1. The lowest BCUT2D eigenvalue weighted by atomic mass is 10.1. The summed E-state index contributed by atoms with van der Waals surface area (Å²) in [6, 6.07) is 7.50. The van der Waals surface area contributed by atoms with Gasteiger partial charge < -0.3 is 9.67 Å². The van der Waals surface area contributed by atoms with Gasteiger partial charge in [0.2, 0.25) is 0 Å². The van der Waals surface area contributed by atoms with Gasteiger partial charge in [-0.25, -0.2) is 9.18 Å². The summed E-state index contributed by atoms with van der Waals surface area (Å²) in [5.74, 6) is -1.51. The molecule has 0 saturated carbocycles. The van der Waals surface area contributed by atoms with Crippen molar-refractivity contribution in [1.29, 1.82) is 5.26 Å². The second kappa shape index (κ2) is 4.94. The molecule has 0 radical (unpaired) electrons. The molecule has 0 unspecified atom stereocenters. The predicted molar refractivity (Wildman–Crippen MR) is 66.3 cm³/mol. The van der Waals surface area contributed by atoms with Crippen molar-refractivity contribution >= 4 is 5.97 Å². The van der Waals surface area contributed by atoms with E-state index in [0.29, 0.717) is 11.1 Å². The molecular weight excluding hydrogens is 247 g/mol. The predicted octanol–water partition coefficient (Wildman–Crippen LogP) is 2.55. The number of rotatable bonds is 3. The van der Waals surface area contributed by atoms with Crippen molar-refractivity contribution in [1.82, 2.24) is 4.57 Å². The van der Waals surface area contributed by atoms with Crippen LogP contribution in [0.2, 0.25) is 0 Å². The maximum absolute atomic E-state index is 13.0. The van der Waals surface area contributed by atoms with E-state index in [1.54, 1.807) is 19.2 Å². The lowest BCUT2D eigenvalue weighted by Gasteiger charge is -2.08. The Morgan fingerprint density at radius 1 is 1.47 bits per heavy atom. The van der Waals surface area contributed by atoms with Gasteiger partial charge in [0, 0.05) is 12.7 Å². The third kappa shape index (κ3) is 2.47. The highest BCUT2D eigenvalue weighted by atomic mass is 19.1. The monoisotopic (exact) mass is 258 g/mol. The van der Waals surface area contributed by atoms with Crippen LogP contribution in [0.25, 0.3) is 0 Å². The summed E-state index contributed by atoms with van der Waals surface area (Å²) < 4.78 is 14.6. The molecule has 2 aromatic rings. The molecule has 0 aliphatic carbocycles. The quantitative estimate of drug-likeness (QED) is 0.920. The Morgan fingerprint density at radius 2 is 2.21 bits per heavy atom. The second-order valence-corrected chi connectivity index (χ2v) is 4.19. The Bertz CT molecular complexity index is 683. The molecule has 4 nitrogen and oxygen atoms in total. The van der Waals surface area contributed by atoms with Crippen LogP contribution in [0.4, 0.5) is 4.39 Å². The van der Waals surface area contributed by atoms with Crippen LogP contribution in [-0.2, 0) is 6.54 Å². The first kappa shape index (κ1) is 12.8. The molecule has 1 aromatic heterocycles. The molecule has 0 spiro atoms. The molecule has 19 heavy (non-hydrogen) atoms. The lowest BCUT2D eigenvalue weighted by Crippen LogP contribution is -2.10. The number of carboxylic acids is 1. The molecule has 0 amide bonds. The zero-order valence-electron chi connectivity index (χ0n) is 10.2. The van der Waals surface area contributed by atoms with Gasteiger partial charge in [-0.05, 0) is 36.2 Å². The van der Waals surface area contributed by atoms with Gasteiger partial charge in [0.1, 0.15) is 11.5 Å². The molecule has 0 atom stereocenters. The molecule has 2 rings (SSSR count). The highest BCUT2D eigenvalue weighted by Crippen LogP contribution is 2.16. The van der Waals surface area contributed by atoms with Crippen LogP contribution in [0.3, 0.4) is 0 Å². The van der Waals surface area contributed by atoms with Gasteiger partial charge in [-0.3, -0.25) is 0 Å². The second-order valence-electron chi connectivity index (χ2n) is 4.19. The number of aromatic nitrogens is 1. The van der Waals surface area contributed by atoms with Crippen LogP contribution < -0.4 is 0 Å². The number of halogens is 1. The summed E-state index contributed by atoms with van der Waals surface area (Å²) in [6.07, 6.45) is 1.64. The summed E-state index contributed by atoms with van der Waals surface area (Å²) >= 11 is 0. The number of nitriles is 1. The van der Waals surface area contributed by atoms with E-state index < -0.39 is 11.8 Å². The molecule has 5 heteroatoms. The molecule has 0 aliphatic heterocycles. The van der Waals surface area contributed by atoms with Crippen molar-refractivity contribution in [2.45, 2.75) is 13.5 Å². The van der Waals surface area contributed by atoms with Gasteiger partial charge in [-0.15, -0.1) is 0 Å². The van der Waals surface area contributed by atoms with Crippen LogP contribution in [-0.4, -0.2) is 15.6 Å². The zero-order valence-corrected chi connectivity index (χ0v) is 10.2. The number of hydrogen-bond donors (Lipinski definition) is 1. The Hall–Kier alpha value is -2.61. The Labute approximate surface area is 109 Å². The number of aryl methyl sites for hydroxylation is 1. The molecule has 1 N–H and O–H groups in total. The van der Waals surface area contributed by atoms with Crippen molar-refractivity contribution in [2.75, 3.05) is 0 Å². The first-order valence-electron chi connectivity index (χ1n) is 5.60. The van der Waals surface area contributed by atoms with Crippen LogP contribution in [0.1, 0.15) is 27.2 Å². The van der Waals surface area contributed by atoms with Gasteiger partial charge in [-0.1, -0.05) is 6.07 Å². The smallest absolute Gasteiger partial charge is 0.352 e. The zero-order chi connectivity index (χ0) is 14.0. The summed E-state index contributed by atoms with van der Waals surface area (Å²) in [5, 5.41) is 18.1. The molecular formula is C14H11FN2O2. The Balaban J connectivity index is 2.43. The van der Waals surface area contributed by atoms with E-state index in [-0.39, 0.29) is 17.8 Å². The maximum Gasteiger partial charge on any atom is 0.352 e. The third-order valence-electron chi connectivity index (χ3n) is 2.90. The van der Waals surface area contributed by atoms with Crippen molar-refractivity contribution in [2.24, 2.45) is 0 Å². The van der Waals surface area contributed by atoms with E-state index in [1.165, 1.54) is 16.7 Å². The van der Waals surface area contributed by atoms with Gasteiger partial charge in [0.15, 0.2) is 0 Å². The van der Waals surface area contributed by atoms with E-state index in [1.807, 2.05) is 6.07 Å². The van der Waals surface area contributed by atoms with Crippen molar-refractivity contribution in [3.8, 4) is 6.07 Å². The van der Waals surface area contributed by atoms with Crippen LogP contribution in [0, 0.1) is 24.1 Å². The minimum Gasteiger partial charge on any atom is -0.477 e. The minimum atomic E-state index is -1.02. The molecule has 0 aliphatic rings. The Kier molecular flexibility index (Phi) is 3.34. The normalized spacial score (nSPS) is 10.2. The van der Waals surface area contributed by atoms with Gasteiger partial charge in [-0.2, -0.15) is 5.26 Å². The van der Waals surface area contributed by atoms with Crippen LogP contribution in [0.15, 0.2) is 30.5 Å². The summed E-state index contributed by atoms with van der Waals surface area (Å²) in [7, 11) is 0. The van der Waals surface area contributed by atoms with Gasteiger partial charge >= 0.3 is 5.97 Å². The molecule has 1 heterocycles. The SMILES string of the molecule is Cc1ccn(Cc2ccc(F)cc2C#N)c1C(=O)O. The number of carboxylic acid groups (broad SMARTS) is 1. The van der Waals surface area contributed by atoms with E-state index in [2.05, 4.69) is 0 Å². The topological polar surface area (TPSA) is 66.0 Å². The summed E-state index contributed by atoms with van der Waals surface area (Å²) in [4.78, 5) is 11.2. The largest absolute Gasteiger partial charge is 0.477 e. The summed E-state index contributed by atoms with van der Waals surface area (Å²) in [5.41, 5.74) is 1.62. The number of aromatic carboxylic acids is 1. The molecule has 0 fully saturated rings. The number of hydrogen-bond acceptors (Lipinski definition) is 2. The molecule has 1 aromatic carbocycles. The van der Waals surface area contributed by atoms with Crippen molar-refractivity contribution in [3.63, 3.8) is 0 Å². The molecule has 96 valence electrons. The fourth-order valence-electron chi connectivity index (χ4n) is 1.98. The van der Waals surface area contributed by atoms with Gasteiger partial charge in [0.05, 0.1) is 11.6 Å². The standard InChI is InChI=1S/C14H11FN2O2/c1-9-4-5-17(13(9)14(18)19)8-10-2-3-12(15)6-11(10)7-16/h2-6H,8H2,1H3,(H,18,19). The minimum absolute atomic E-state index is 0.174. The van der Waals surface area contributed by atoms with Crippen molar-refractivity contribution < 1.29 is 14.3 Å². The third-order valence-corrected chi connectivity index (χ3v) is 2.90. The lowest BCUT2D eigenvalue weighted by molar-refractivity contribution is 0.0685. The van der Waals surface area contributed by atoms with E-state index >= 15 is 0 Å². The summed E-state index contributed by atoms with van der Waals surface area (Å²) in [6.45, 7) is 1.93. The van der Waals surface area contributed by atoms with Crippen LogP contribution in [0.5, 0.6) is 0 Å². The fourth-order valence-corrected chi connectivity index (χ4v) is 1.98. The first-order valence-corrected chi connectivity index (χ1v) is 5.60. The average Bonchev–Trinajstić information content (AvgIpc) is 2.72. The van der Waals surface area contributed by atoms with Crippen LogP contribution >= 0.6 is 0 Å². The Morgan fingerprint density at radius 3 is 2.84 bits per heavy atom.